The van der Waals surface area contributed by atoms with Crippen molar-refractivity contribution < 1.29 is 18.3 Å². The van der Waals surface area contributed by atoms with Crippen molar-refractivity contribution in [1.82, 2.24) is 0 Å². The molecule has 0 bridgehead atoms. The normalized spacial score (nSPS) is 10.7. The molecule has 0 fully saturated rings. The van der Waals surface area contributed by atoms with E-state index in [9.17, 15) is 8.78 Å². The molecule has 0 aliphatic rings. The van der Waals surface area contributed by atoms with E-state index in [4.69, 9.17) is 9.47 Å². The third-order valence-electron chi connectivity index (χ3n) is 2.00. The highest BCUT2D eigenvalue weighted by Crippen LogP contribution is 2.25. The Kier molecular flexibility index (Phi) is 4.49. The number of ether oxygens (including phenoxy) is 2. The maximum atomic E-state index is 12.3. The van der Waals surface area contributed by atoms with Crippen LogP contribution >= 0.6 is 0 Å². The van der Waals surface area contributed by atoms with Crippen molar-refractivity contribution in [2.75, 3.05) is 20.3 Å². The molecule has 0 aromatic heterocycles. The van der Waals surface area contributed by atoms with Crippen molar-refractivity contribution >= 4 is 0 Å². The van der Waals surface area contributed by atoms with E-state index < -0.39 is 6.43 Å². The fourth-order valence-corrected chi connectivity index (χ4v) is 1.21. The van der Waals surface area contributed by atoms with Crippen LogP contribution < -0.4 is 4.74 Å². The Hall–Kier alpha value is -1.16. The van der Waals surface area contributed by atoms with Gasteiger partial charge in [0, 0.05) is 12.7 Å². The van der Waals surface area contributed by atoms with Gasteiger partial charge in [-0.2, -0.15) is 0 Å². The second-order valence-corrected chi connectivity index (χ2v) is 3.17. The summed E-state index contributed by atoms with van der Waals surface area (Å²) in [6.45, 7) is 2.65. The third-order valence-corrected chi connectivity index (χ3v) is 2.00. The van der Waals surface area contributed by atoms with E-state index in [1.165, 1.54) is 12.1 Å². The first kappa shape index (κ1) is 11.9. The maximum absolute atomic E-state index is 12.3. The van der Waals surface area contributed by atoms with Crippen LogP contribution in [0.3, 0.4) is 0 Å². The lowest BCUT2D eigenvalue weighted by Gasteiger charge is -2.09. The lowest BCUT2D eigenvalue weighted by atomic mass is 10.1. The molecule has 0 unspecified atom stereocenters. The number of hydrogen-bond donors (Lipinski definition) is 0. The fourth-order valence-electron chi connectivity index (χ4n) is 1.21. The smallest absolute Gasteiger partial charge is 0.263 e. The van der Waals surface area contributed by atoms with Crippen molar-refractivity contribution in [3.63, 3.8) is 0 Å². The van der Waals surface area contributed by atoms with Crippen LogP contribution in [0.1, 0.15) is 17.6 Å². The highest BCUT2D eigenvalue weighted by molar-refractivity contribution is 5.36. The van der Waals surface area contributed by atoms with Gasteiger partial charge in [0.25, 0.3) is 6.43 Å². The topological polar surface area (TPSA) is 18.5 Å². The predicted octanol–water partition coefficient (Wildman–Crippen LogP) is 2.96. The molecule has 2 nitrogen and oxygen atoms in total. The monoisotopic (exact) mass is 216 g/mol. The zero-order chi connectivity index (χ0) is 11.3. The summed E-state index contributed by atoms with van der Waals surface area (Å²) >= 11 is 0. The molecule has 1 aromatic carbocycles. The lowest BCUT2D eigenvalue weighted by Crippen LogP contribution is -2.05. The van der Waals surface area contributed by atoms with E-state index in [1.54, 1.807) is 20.1 Å². The summed E-state index contributed by atoms with van der Waals surface area (Å²) in [5.41, 5.74) is 0.732. The molecule has 4 heteroatoms. The Bertz CT molecular complexity index is 313. The van der Waals surface area contributed by atoms with Crippen LogP contribution in [0.25, 0.3) is 0 Å². The number of methoxy groups -OCH3 is 1. The molecule has 0 saturated carbocycles. The number of halogens is 2. The highest BCUT2D eigenvalue weighted by atomic mass is 19.3. The largest absolute Gasteiger partial charge is 0.491 e. The minimum atomic E-state index is -2.43. The summed E-state index contributed by atoms with van der Waals surface area (Å²) in [6.07, 6.45) is -2.43. The Morgan fingerprint density at radius 3 is 2.53 bits per heavy atom. The van der Waals surface area contributed by atoms with Gasteiger partial charge in [0.05, 0.1) is 6.61 Å². The molecule has 1 rings (SSSR count). The summed E-state index contributed by atoms with van der Waals surface area (Å²) in [5, 5.41) is 0. The van der Waals surface area contributed by atoms with Gasteiger partial charge in [0.2, 0.25) is 0 Å². The Balaban J connectivity index is 2.66. The number of rotatable bonds is 5. The van der Waals surface area contributed by atoms with Crippen LogP contribution in [0.2, 0.25) is 0 Å². The first-order chi connectivity index (χ1) is 7.15. The van der Waals surface area contributed by atoms with E-state index in [-0.39, 0.29) is 5.56 Å². The van der Waals surface area contributed by atoms with Crippen molar-refractivity contribution in [1.29, 1.82) is 0 Å². The number of hydrogen-bond acceptors (Lipinski definition) is 2. The van der Waals surface area contributed by atoms with Gasteiger partial charge >= 0.3 is 0 Å². The number of aryl methyl sites for hydroxylation is 1. The van der Waals surface area contributed by atoms with Gasteiger partial charge in [0.15, 0.2) is 0 Å². The van der Waals surface area contributed by atoms with E-state index in [1.807, 2.05) is 0 Å². The summed E-state index contributed by atoms with van der Waals surface area (Å²) in [5.74, 6) is 0.622. The molecule has 0 amide bonds. The van der Waals surface area contributed by atoms with Crippen LogP contribution in [-0.4, -0.2) is 20.3 Å². The van der Waals surface area contributed by atoms with Gasteiger partial charge in [0.1, 0.15) is 12.4 Å². The number of alkyl halides is 2. The Labute approximate surface area is 87.8 Å². The van der Waals surface area contributed by atoms with Crippen molar-refractivity contribution in [2.24, 2.45) is 0 Å². The summed E-state index contributed by atoms with van der Waals surface area (Å²) in [6, 6.07) is 4.37. The minimum absolute atomic E-state index is 0.0200. The summed E-state index contributed by atoms with van der Waals surface area (Å²) in [4.78, 5) is 0. The fraction of sp³-hybridized carbons (Fsp3) is 0.455. The summed E-state index contributed by atoms with van der Waals surface area (Å²) in [7, 11) is 1.58. The van der Waals surface area contributed by atoms with E-state index >= 15 is 0 Å². The molecule has 0 aliphatic heterocycles. The zero-order valence-electron chi connectivity index (χ0n) is 8.80. The molecule has 15 heavy (non-hydrogen) atoms. The molecule has 0 saturated heterocycles. The lowest BCUT2D eigenvalue weighted by molar-refractivity contribution is 0.144. The minimum Gasteiger partial charge on any atom is -0.491 e. The van der Waals surface area contributed by atoms with Crippen LogP contribution in [0.4, 0.5) is 8.78 Å². The molecule has 0 radical (unpaired) electrons. The van der Waals surface area contributed by atoms with Gasteiger partial charge < -0.3 is 9.47 Å². The van der Waals surface area contributed by atoms with Crippen LogP contribution in [-0.2, 0) is 4.74 Å². The average molecular weight is 216 g/mol. The molecular weight excluding hydrogens is 202 g/mol. The van der Waals surface area contributed by atoms with Gasteiger partial charge in [-0.15, -0.1) is 0 Å². The van der Waals surface area contributed by atoms with E-state index in [2.05, 4.69) is 0 Å². The van der Waals surface area contributed by atoms with Gasteiger partial charge in [-0.1, -0.05) is 0 Å². The number of benzene rings is 1. The molecule has 0 atom stereocenters. The first-order valence-electron chi connectivity index (χ1n) is 4.65. The molecule has 0 spiro atoms. The van der Waals surface area contributed by atoms with Crippen molar-refractivity contribution in [3.05, 3.63) is 29.3 Å². The second-order valence-electron chi connectivity index (χ2n) is 3.17. The van der Waals surface area contributed by atoms with Crippen LogP contribution in [0, 0.1) is 6.92 Å². The van der Waals surface area contributed by atoms with Crippen molar-refractivity contribution in [3.8, 4) is 5.75 Å². The van der Waals surface area contributed by atoms with Crippen LogP contribution in [0.5, 0.6) is 5.75 Å². The van der Waals surface area contributed by atoms with Gasteiger partial charge in [-0.3, -0.25) is 0 Å². The highest BCUT2D eigenvalue weighted by Gasteiger charge is 2.08. The molecular formula is C11H14F2O2. The van der Waals surface area contributed by atoms with E-state index in [0.717, 1.165) is 0 Å². The maximum Gasteiger partial charge on any atom is 0.263 e. The van der Waals surface area contributed by atoms with Gasteiger partial charge in [-0.25, -0.2) is 8.78 Å². The van der Waals surface area contributed by atoms with Crippen molar-refractivity contribution in [2.45, 2.75) is 13.3 Å². The molecule has 0 heterocycles. The van der Waals surface area contributed by atoms with Crippen LogP contribution in [0.15, 0.2) is 18.2 Å². The SMILES string of the molecule is COCCOc1ccc(C(F)F)cc1C. The Morgan fingerprint density at radius 2 is 2.00 bits per heavy atom. The Morgan fingerprint density at radius 1 is 1.27 bits per heavy atom. The van der Waals surface area contributed by atoms with E-state index in [0.29, 0.717) is 24.5 Å². The molecule has 0 aliphatic carbocycles. The quantitative estimate of drug-likeness (QED) is 0.704. The van der Waals surface area contributed by atoms with Gasteiger partial charge in [-0.05, 0) is 30.7 Å². The molecule has 1 aromatic rings. The zero-order valence-corrected chi connectivity index (χ0v) is 8.80. The predicted molar refractivity (Wildman–Crippen MR) is 53.5 cm³/mol. The second kappa shape index (κ2) is 5.66. The standard InChI is InChI=1S/C11H14F2O2/c1-8-7-9(11(12)13)3-4-10(8)15-6-5-14-2/h3-4,7,11H,5-6H2,1-2H3. The average Bonchev–Trinajstić information content (AvgIpc) is 2.20. The summed E-state index contributed by atoms with van der Waals surface area (Å²) < 4.78 is 34.8. The first-order valence-corrected chi connectivity index (χ1v) is 4.65. The molecule has 0 N–H and O–H groups in total. The third kappa shape index (κ3) is 3.47. The molecule has 84 valence electrons.